The van der Waals surface area contributed by atoms with Gasteiger partial charge < -0.3 is 9.47 Å². The quantitative estimate of drug-likeness (QED) is 0.462. The summed E-state index contributed by atoms with van der Waals surface area (Å²) in [7, 11) is 1.31. The van der Waals surface area contributed by atoms with Crippen molar-refractivity contribution in [2.45, 2.75) is 52.4 Å². The summed E-state index contributed by atoms with van der Waals surface area (Å²) in [5, 5.41) is 0. The van der Waals surface area contributed by atoms with Crippen LogP contribution >= 0.6 is 0 Å². The molecule has 0 unspecified atom stereocenters. The molecule has 0 saturated carbocycles. The lowest BCUT2D eigenvalue weighted by Gasteiger charge is -2.05. The molecule has 17 heavy (non-hydrogen) atoms. The van der Waals surface area contributed by atoms with Gasteiger partial charge in [0.2, 0.25) is 0 Å². The topological polar surface area (TPSA) is 52.6 Å². The van der Waals surface area contributed by atoms with Crippen molar-refractivity contribution < 1.29 is 19.1 Å². The lowest BCUT2D eigenvalue weighted by atomic mass is 10.1. The Kier molecular flexibility index (Phi) is 9.49. The average molecular weight is 244 g/mol. The summed E-state index contributed by atoms with van der Waals surface area (Å²) in [6.45, 7) is 4.86. The third-order valence-corrected chi connectivity index (χ3v) is 2.45. The average Bonchev–Trinajstić information content (AvgIpc) is 2.30. The van der Waals surface area contributed by atoms with Crippen molar-refractivity contribution in [1.82, 2.24) is 0 Å². The predicted octanol–water partition coefficient (Wildman–Crippen LogP) is 2.70. The molecule has 0 atom stereocenters. The van der Waals surface area contributed by atoms with E-state index in [0.717, 1.165) is 18.8 Å². The lowest BCUT2D eigenvalue weighted by Crippen LogP contribution is -2.09. The monoisotopic (exact) mass is 244 g/mol. The highest BCUT2D eigenvalue weighted by molar-refractivity contribution is 5.77. The first-order valence-corrected chi connectivity index (χ1v) is 6.28. The van der Waals surface area contributed by atoms with E-state index in [2.05, 4.69) is 18.6 Å². The van der Waals surface area contributed by atoms with Crippen LogP contribution in [0.3, 0.4) is 0 Å². The van der Waals surface area contributed by atoms with Gasteiger partial charge in [-0.05, 0) is 12.3 Å². The maximum Gasteiger partial charge on any atom is 0.306 e. The van der Waals surface area contributed by atoms with Crippen molar-refractivity contribution in [2.24, 2.45) is 5.92 Å². The second kappa shape index (κ2) is 10.1. The Morgan fingerprint density at radius 1 is 1.00 bits per heavy atom. The number of esters is 2. The van der Waals surface area contributed by atoms with E-state index in [1.165, 1.54) is 20.0 Å². The van der Waals surface area contributed by atoms with Gasteiger partial charge in [-0.25, -0.2) is 0 Å². The fraction of sp³-hybridized carbons (Fsp3) is 0.846. The summed E-state index contributed by atoms with van der Waals surface area (Å²) in [6.07, 6.45) is 4.59. The first kappa shape index (κ1) is 15.9. The fourth-order valence-electron chi connectivity index (χ4n) is 1.40. The van der Waals surface area contributed by atoms with Gasteiger partial charge in [-0.3, -0.25) is 9.59 Å². The molecular formula is C13H24O4. The molecule has 100 valence electrons. The van der Waals surface area contributed by atoms with Crippen LogP contribution in [0.25, 0.3) is 0 Å². The first-order chi connectivity index (χ1) is 8.06. The normalized spacial score (nSPS) is 10.4. The minimum absolute atomic E-state index is 0.0999. The Hall–Kier alpha value is -1.06. The van der Waals surface area contributed by atoms with E-state index in [1.54, 1.807) is 0 Å². The zero-order chi connectivity index (χ0) is 13.1. The summed E-state index contributed by atoms with van der Waals surface area (Å²) in [5.41, 5.74) is 0. The highest BCUT2D eigenvalue weighted by Crippen LogP contribution is 2.08. The van der Waals surface area contributed by atoms with Gasteiger partial charge in [-0.2, -0.15) is 0 Å². The Morgan fingerprint density at radius 2 is 1.65 bits per heavy atom. The van der Waals surface area contributed by atoms with Crippen LogP contribution in [0.1, 0.15) is 52.4 Å². The van der Waals surface area contributed by atoms with Crippen LogP contribution in [0.2, 0.25) is 0 Å². The van der Waals surface area contributed by atoms with Crippen molar-refractivity contribution in [3.05, 3.63) is 0 Å². The van der Waals surface area contributed by atoms with Gasteiger partial charge in [-0.1, -0.05) is 33.1 Å². The van der Waals surface area contributed by atoms with Gasteiger partial charge in [0.25, 0.3) is 0 Å². The molecule has 0 rings (SSSR count). The van der Waals surface area contributed by atoms with Crippen molar-refractivity contribution >= 4 is 11.9 Å². The molecule has 0 aliphatic rings. The van der Waals surface area contributed by atoms with E-state index in [4.69, 9.17) is 4.74 Å². The van der Waals surface area contributed by atoms with Gasteiger partial charge in [-0.15, -0.1) is 0 Å². The molecule has 0 bridgehead atoms. The second-order valence-corrected chi connectivity index (χ2v) is 4.54. The molecule has 0 N–H and O–H groups in total. The molecule has 0 aromatic rings. The number of rotatable bonds is 9. The highest BCUT2D eigenvalue weighted by Gasteiger charge is 2.07. The van der Waals surface area contributed by atoms with Crippen molar-refractivity contribution in [3.8, 4) is 0 Å². The fourth-order valence-corrected chi connectivity index (χ4v) is 1.40. The molecule has 0 aliphatic carbocycles. The summed E-state index contributed by atoms with van der Waals surface area (Å²) in [6, 6.07) is 0. The summed E-state index contributed by atoms with van der Waals surface area (Å²) < 4.78 is 9.43. The summed E-state index contributed by atoms with van der Waals surface area (Å²) in [5.74, 6) is 0.0377. The smallest absolute Gasteiger partial charge is 0.306 e. The molecule has 4 nitrogen and oxygen atoms in total. The van der Waals surface area contributed by atoms with E-state index >= 15 is 0 Å². The van der Waals surface area contributed by atoms with Crippen molar-refractivity contribution in [1.29, 1.82) is 0 Å². The Balaban J connectivity index is 3.30. The molecule has 0 fully saturated rings. The zero-order valence-electron chi connectivity index (χ0n) is 11.2. The minimum atomic E-state index is -0.376. The summed E-state index contributed by atoms with van der Waals surface area (Å²) in [4.78, 5) is 21.9. The standard InChI is InChI=1S/C13H24O4/c1-11(2)7-5-4-6-10-17-13(15)9-8-12(14)16-3/h11H,4-10H2,1-3H3. The van der Waals surface area contributed by atoms with Crippen LogP contribution in [0.5, 0.6) is 0 Å². The number of unbranched alkanes of at least 4 members (excludes halogenated alkanes) is 2. The van der Waals surface area contributed by atoms with Crippen LogP contribution in [0, 0.1) is 5.92 Å². The van der Waals surface area contributed by atoms with Crippen LogP contribution in [0.4, 0.5) is 0 Å². The number of methoxy groups -OCH3 is 1. The predicted molar refractivity (Wildman–Crippen MR) is 65.5 cm³/mol. The van der Waals surface area contributed by atoms with Crippen molar-refractivity contribution in [3.63, 3.8) is 0 Å². The number of ether oxygens (including phenoxy) is 2. The molecule has 0 aromatic carbocycles. The Labute approximate surface area is 104 Å². The van der Waals surface area contributed by atoms with Gasteiger partial charge >= 0.3 is 11.9 Å². The number of carbonyl (C=O) groups excluding carboxylic acids is 2. The molecule has 0 aliphatic heterocycles. The summed E-state index contributed by atoms with van der Waals surface area (Å²) >= 11 is 0. The Morgan fingerprint density at radius 3 is 2.24 bits per heavy atom. The van der Waals surface area contributed by atoms with E-state index < -0.39 is 0 Å². The third kappa shape index (κ3) is 11.2. The lowest BCUT2D eigenvalue weighted by molar-refractivity contribution is -0.149. The van der Waals surface area contributed by atoms with E-state index in [9.17, 15) is 9.59 Å². The van der Waals surface area contributed by atoms with Gasteiger partial charge in [0.15, 0.2) is 0 Å². The molecular weight excluding hydrogens is 220 g/mol. The molecule has 0 spiro atoms. The number of hydrogen-bond donors (Lipinski definition) is 0. The SMILES string of the molecule is COC(=O)CCC(=O)OCCCCCC(C)C. The third-order valence-electron chi connectivity index (χ3n) is 2.45. The van der Waals surface area contributed by atoms with E-state index in [-0.39, 0.29) is 24.8 Å². The molecule has 0 radical (unpaired) electrons. The van der Waals surface area contributed by atoms with Crippen molar-refractivity contribution in [2.75, 3.05) is 13.7 Å². The molecule has 0 aromatic heterocycles. The largest absolute Gasteiger partial charge is 0.469 e. The number of carbonyl (C=O) groups is 2. The molecule has 0 amide bonds. The maximum absolute atomic E-state index is 11.2. The van der Waals surface area contributed by atoms with Crippen LogP contribution < -0.4 is 0 Å². The van der Waals surface area contributed by atoms with Gasteiger partial charge in [0.05, 0.1) is 26.6 Å². The zero-order valence-corrected chi connectivity index (χ0v) is 11.2. The van der Waals surface area contributed by atoms with E-state index in [0.29, 0.717) is 6.61 Å². The Bertz CT molecular complexity index is 223. The van der Waals surface area contributed by atoms with Gasteiger partial charge in [0.1, 0.15) is 0 Å². The van der Waals surface area contributed by atoms with Crippen LogP contribution in [-0.2, 0) is 19.1 Å². The highest BCUT2D eigenvalue weighted by atomic mass is 16.5. The minimum Gasteiger partial charge on any atom is -0.469 e. The van der Waals surface area contributed by atoms with Crippen LogP contribution in [0.15, 0.2) is 0 Å². The molecule has 0 saturated heterocycles. The van der Waals surface area contributed by atoms with E-state index in [1.807, 2.05) is 0 Å². The second-order valence-electron chi connectivity index (χ2n) is 4.54. The first-order valence-electron chi connectivity index (χ1n) is 6.28. The number of hydrogen-bond acceptors (Lipinski definition) is 4. The molecule has 0 heterocycles. The van der Waals surface area contributed by atoms with Crippen LogP contribution in [-0.4, -0.2) is 25.7 Å². The van der Waals surface area contributed by atoms with Gasteiger partial charge in [0, 0.05) is 0 Å². The maximum atomic E-state index is 11.2. The molecule has 4 heteroatoms.